The quantitative estimate of drug-likeness (QED) is 0.263. The van der Waals surface area contributed by atoms with Crippen molar-refractivity contribution >= 4 is 11.9 Å². The van der Waals surface area contributed by atoms with Crippen molar-refractivity contribution in [2.75, 3.05) is 6.61 Å². The van der Waals surface area contributed by atoms with Crippen molar-refractivity contribution in [3.05, 3.63) is 0 Å². The van der Waals surface area contributed by atoms with Crippen molar-refractivity contribution in [3.63, 3.8) is 0 Å². The fourth-order valence-electron chi connectivity index (χ4n) is 1.88. The van der Waals surface area contributed by atoms with Crippen LogP contribution in [0.15, 0.2) is 0 Å². The van der Waals surface area contributed by atoms with Crippen LogP contribution in [0.25, 0.3) is 0 Å². The second-order valence-corrected chi connectivity index (χ2v) is 4.92. The first-order chi connectivity index (χ1) is 9.16. The van der Waals surface area contributed by atoms with Crippen LogP contribution in [0.1, 0.15) is 77.6 Å². The first kappa shape index (κ1) is 22.2. The summed E-state index contributed by atoms with van der Waals surface area (Å²) in [6.45, 7) is 2.62. The number of rotatable bonds is 13. The van der Waals surface area contributed by atoms with E-state index in [4.69, 9.17) is 4.74 Å². The van der Waals surface area contributed by atoms with E-state index in [1.54, 1.807) is 0 Å². The van der Waals surface area contributed by atoms with Crippen LogP contribution in [0.2, 0.25) is 0 Å². The molecular formula is C15H27NaO4. The number of hydrogen-bond acceptors (Lipinski definition) is 4. The van der Waals surface area contributed by atoms with Gasteiger partial charge in [0.05, 0.1) is 13.0 Å². The number of carbonyl (C=O) groups is 2. The maximum Gasteiger partial charge on any atom is 1.00 e. The van der Waals surface area contributed by atoms with Gasteiger partial charge in [-0.2, -0.15) is 0 Å². The third-order valence-corrected chi connectivity index (χ3v) is 3.04. The van der Waals surface area contributed by atoms with Crippen LogP contribution < -0.4 is 34.7 Å². The molecule has 4 nitrogen and oxygen atoms in total. The molecule has 0 atom stereocenters. The molecule has 0 saturated carbocycles. The van der Waals surface area contributed by atoms with E-state index in [9.17, 15) is 14.7 Å². The van der Waals surface area contributed by atoms with Crippen LogP contribution in [-0.4, -0.2) is 18.5 Å². The Labute approximate surface area is 144 Å². The Morgan fingerprint density at radius 2 is 1.35 bits per heavy atom. The molecular weight excluding hydrogens is 267 g/mol. The van der Waals surface area contributed by atoms with Crippen molar-refractivity contribution in [1.82, 2.24) is 0 Å². The summed E-state index contributed by atoms with van der Waals surface area (Å²) in [5.41, 5.74) is 0. The first-order valence-electron chi connectivity index (χ1n) is 7.52. The predicted octanol–water partition coefficient (Wildman–Crippen LogP) is -0.405. The number of hydrogen-bond donors (Lipinski definition) is 0. The molecule has 0 N–H and O–H groups in total. The van der Waals surface area contributed by atoms with Crippen LogP contribution in [0.5, 0.6) is 0 Å². The molecule has 0 rings (SSSR count). The Hall–Kier alpha value is -0.0600. The van der Waals surface area contributed by atoms with Gasteiger partial charge in [0.15, 0.2) is 0 Å². The summed E-state index contributed by atoms with van der Waals surface area (Å²) < 4.78 is 4.92. The molecule has 0 aromatic heterocycles. The molecule has 0 saturated heterocycles. The monoisotopic (exact) mass is 294 g/mol. The van der Waals surface area contributed by atoms with Crippen LogP contribution >= 0.6 is 0 Å². The molecule has 0 aliphatic carbocycles. The molecule has 0 aliphatic rings. The fraction of sp³-hybridized carbons (Fsp3) is 0.867. The van der Waals surface area contributed by atoms with Gasteiger partial charge in [0, 0.05) is 5.97 Å². The average molecular weight is 294 g/mol. The minimum Gasteiger partial charge on any atom is -0.550 e. The molecule has 0 bridgehead atoms. The Kier molecular flexibility index (Phi) is 18.9. The number of unbranched alkanes of at least 4 members (excludes halogenated alkanes) is 8. The molecule has 0 aromatic carbocycles. The van der Waals surface area contributed by atoms with E-state index in [-0.39, 0.29) is 42.4 Å². The fourth-order valence-corrected chi connectivity index (χ4v) is 1.88. The number of carbonyl (C=O) groups excluding carboxylic acids is 2. The normalized spacial score (nSPS) is 9.85. The van der Waals surface area contributed by atoms with E-state index in [0.29, 0.717) is 6.61 Å². The Morgan fingerprint density at radius 1 is 0.850 bits per heavy atom. The van der Waals surface area contributed by atoms with Crippen molar-refractivity contribution in [2.45, 2.75) is 77.6 Å². The van der Waals surface area contributed by atoms with E-state index in [1.807, 2.05) is 0 Å². The molecule has 0 radical (unpaired) electrons. The predicted molar refractivity (Wildman–Crippen MR) is 72.4 cm³/mol. The van der Waals surface area contributed by atoms with Gasteiger partial charge in [-0.15, -0.1) is 0 Å². The first-order valence-corrected chi connectivity index (χ1v) is 7.52. The number of aliphatic carboxylic acids is 1. The van der Waals surface area contributed by atoms with Gasteiger partial charge >= 0.3 is 35.5 Å². The summed E-state index contributed by atoms with van der Waals surface area (Å²) in [4.78, 5) is 21.2. The Morgan fingerprint density at radius 3 is 1.85 bits per heavy atom. The zero-order chi connectivity index (χ0) is 14.3. The van der Waals surface area contributed by atoms with Crippen molar-refractivity contribution < 1.29 is 49.0 Å². The zero-order valence-electron chi connectivity index (χ0n) is 13.1. The van der Waals surface area contributed by atoms with Gasteiger partial charge in [-0.05, 0) is 12.8 Å². The molecule has 0 aliphatic heterocycles. The summed E-state index contributed by atoms with van der Waals surface area (Å²) >= 11 is 0. The minimum atomic E-state index is -1.21. The molecule has 0 heterocycles. The zero-order valence-corrected chi connectivity index (χ0v) is 15.1. The van der Waals surface area contributed by atoms with Crippen LogP contribution in [0.3, 0.4) is 0 Å². The average Bonchev–Trinajstić information content (AvgIpc) is 2.38. The number of ether oxygens (including phenoxy) is 1. The maximum atomic E-state index is 11.1. The maximum absolute atomic E-state index is 11.1. The van der Waals surface area contributed by atoms with Crippen LogP contribution in [0.4, 0.5) is 0 Å². The van der Waals surface area contributed by atoms with Crippen molar-refractivity contribution in [1.29, 1.82) is 0 Å². The molecule has 0 aromatic rings. The van der Waals surface area contributed by atoms with Crippen molar-refractivity contribution in [3.8, 4) is 0 Å². The molecule has 0 fully saturated rings. The standard InChI is InChI=1S/C15H28O4.Na/c1-2-3-4-5-6-7-8-9-10-13-19-15(18)12-11-14(16)17;/h2-13H2,1H3,(H,16,17);/q;+1/p-1. The van der Waals surface area contributed by atoms with Gasteiger partial charge in [-0.1, -0.05) is 58.3 Å². The third-order valence-electron chi connectivity index (χ3n) is 3.04. The van der Waals surface area contributed by atoms with Crippen LogP contribution in [-0.2, 0) is 14.3 Å². The molecule has 20 heavy (non-hydrogen) atoms. The topological polar surface area (TPSA) is 66.4 Å². The summed E-state index contributed by atoms with van der Waals surface area (Å²) in [6.07, 6.45) is 10.6. The molecule has 112 valence electrons. The molecule has 0 amide bonds. The third kappa shape index (κ3) is 17.9. The van der Waals surface area contributed by atoms with Crippen molar-refractivity contribution in [2.24, 2.45) is 0 Å². The largest absolute Gasteiger partial charge is 1.00 e. The van der Waals surface area contributed by atoms with Gasteiger partial charge in [-0.3, -0.25) is 4.79 Å². The van der Waals surface area contributed by atoms with E-state index >= 15 is 0 Å². The summed E-state index contributed by atoms with van der Waals surface area (Å²) in [6, 6.07) is 0. The summed E-state index contributed by atoms with van der Waals surface area (Å²) in [5.74, 6) is -1.65. The summed E-state index contributed by atoms with van der Waals surface area (Å²) in [7, 11) is 0. The van der Waals surface area contributed by atoms with E-state index in [1.165, 1.54) is 44.9 Å². The van der Waals surface area contributed by atoms with Gasteiger partial charge < -0.3 is 14.6 Å². The Bertz CT molecular complexity index is 244. The van der Waals surface area contributed by atoms with Gasteiger partial charge in [-0.25, -0.2) is 0 Å². The second-order valence-electron chi connectivity index (χ2n) is 4.92. The second kappa shape index (κ2) is 17.0. The summed E-state index contributed by atoms with van der Waals surface area (Å²) in [5, 5.41) is 10.1. The van der Waals surface area contributed by atoms with Gasteiger partial charge in [0.1, 0.15) is 0 Å². The van der Waals surface area contributed by atoms with E-state index < -0.39 is 11.9 Å². The molecule has 0 unspecified atom stereocenters. The number of carboxylic acid groups (broad SMARTS) is 1. The molecule has 0 spiro atoms. The van der Waals surface area contributed by atoms with Gasteiger partial charge in [0.25, 0.3) is 0 Å². The van der Waals surface area contributed by atoms with Gasteiger partial charge in [0.2, 0.25) is 0 Å². The van der Waals surface area contributed by atoms with E-state index in [0.717, 1.165) is 12.8 Å². The molecule has 5 heteroatoms. The number of carboxylic acids is 1. The van der Waals surface area contributed by atoms with E-state index in [2.05, 4.69) is 6.92 Å². The minimum absolute atomic E-state index is 0. The van der Waals surface area contributed by atoms with Crippen LogP contribution in [0, 0.1) is 0 Å². The SMILES string of the molecule is CCCCCCCCCCCOC(=O)CCC(=O)[O-].[Na+]. The number of esters is 1. The smallest absolute Gasteiger partial charge is 0.550 e. The Balaban J connectivity index is 0.